The third kappa shape index (κ3) is 7.19. The lowest BCUT2D eigenvalue weighted by Gasteiger charge is -2.13. The number of hydrogen-bond acceptors (Lipinski definition) is 3. The number of halogens is 1. The van der Waals surface area contributed by atoms with E-state index >= 15 is 0 Å². The molecule has 28 heavy (non-hydrogen) atoms. The SMILES string of the molecule is CN=C(NCCCOCC1CCCO1)NC1CC1c1ccc(C(C)C)cc1.I. The van der Waals surface area contributed by atoms with Crippen molar-refractivity contribution in [2.75, 3.05) is 33.4 Å². The van der Waals surface area contributed by atoms with Gasteiger partial charge in [0, 0.05) is 38.8 Å². The normalized spacial score (nSPS) is 24.1. The molecule has 0 amide bonds. The second kappa shape index (κ2) is 12.0. The van der Waals surface area contributed by atoms with Crippen molar-refractivity contribution >= 4 is 29.9 Å². The molecule has 2 aliphatic rings. The summed E-state index contributed by atoms with van der Waals surface area (Å²) in [6.45, 7) is 7.72. The Kier molecular flexibility index (Phi) is 10.0. The molecule has 2 N–H and O–H groups in total. The van der Waals surface area contributed by atoms with Crippen molar-refractivity contribution in [2.45, 2.75) is 63.5 Å². The minimum absolute atomic E-state index is 0. The Balaban J connectivity index is 0.00000280. The number of hydrogen-bond donors (Lipinski definition) is 2. The van der Waals surface area contributed by atoms with Gasteiger partial charge in [-0.2, -0.15) is 0 Å². The van der Waals surface area contributed by atoms with Crippen molar-refractivity contribution in [2.24, 2.45) is 4.99 Å². The number of benzene rings is 1. The monoisotopic (exact) mass is 501 g/mol. The zero-order chi connectivity index (χ0) is 19.1. The molecule has 1 aliphatic carbocycles. The van der Waals surface area contributed by atoms with E-state index in [0.717, 1.165) is 45.2 Å². The maximum atomic E-state index is 5.70. The van der Waals surface area contributed by atoms with E-state index in [2.05, 4.69) is 53.7 Å². The van der Waals surface area contributed by atoms with Gasteiger partial charge in [-0.05, 0) is 42.7 Å². The van der Waals surface area contributed by atoms with Gasteiger partial charge in [-0.15, -0.1) is 24.0 Å². The fourth-order valence-electron chi connectivity index (χ4n) is 3.59. The third-order valence-corrected chi connectivity index (χ3v) is 5.45. The fraction of sp³-hybridized carbons (Fsp3) is 0.682. The van der Waals surface area contributed by atoms with Crippen molar-refractivity contribution in [3.8, 4) is 0 Å². The first-order valence-electron chi connectivity index (χ1n) is 10.4. The topological polar surface area (TPSA) is 54.9 Å². The van der Waals surface area contributed by atoms with Crippen LogP contribution in [0.15, 0.2) is 29.3 Å². The summed E-state index contributed by atoms with van der Waals surface area (Å²) in [5.41, 5.74) is 2.83. The smallest absolute Gasteiger partial charge is 0.191 e. The quantitative estimate of drug-likeness (QED) is 0.232. The number of nitrogens with zero attached hydrogens (tertiary/aromatic N) is 1. The Morgan fingerprint density at radius 3 is 2.71 bits per heavy atom. The van der Waals surface area contributed by atoms with Crippen LogP contribution in [0.3, 0.4) is 0 Å². The van der Waals surface area contributed by atoms with Crippen LogP contribution in [0.5, 0.6) is 0 Å². The summed E-state index contributed by atoms with van der Waals surface area (Å²) in [5, 5.41) is 6.93. The van der Waals surface area contributed by atoms with E-state index in [1.807, 2.05) is 7.05 Å². The lowest BCUT2D eigenvalue weighted by atomic mass is 10.0. The molecule has 1 aromatic carbocycles. The largest absolute Gasteiger partial charge is 0.379 e. The molecule has 5 nitrogen and oxygen atoms in total. The minimum atomic E-state index is 0. The molecule has 1 saturated heterocycles. The molecule has 1 heterocycles. The van der Waals surface area contributed by atoms with E-state index in [9.17, 15) is 0 Å². The van der Waals surface area contributed by atoms with Crippen LogP contribution in [0.1, 0.15) is 62.5 Å². The summed E-state index contributed by atoms with van der Waals surface area (Å²) >= 11 is 0. The Labute approximate surface area is 187 Å². The van der Waals surface area contributed by atoms with Crippen molar-refractivity contribution in [3.63, 3.8) is 0 Å². The molecule has 0 radical (unpaired) electrons. The van der Waals surface area contributed by atoms with Crippen LogP contribution in [0.2, 0.25) is 0 Å². The van der Waals surface area contributed by atoms with Crippen molar-refractivity contribution in [1.82, 2.24) is 10.6 Å². The number of aliphatic imine (C=N–C) groups is 1. The lowest BCUT2D eigenvalue weighted by molar-refractivity contribution is 0.0168. The highest BCUT2D eigenvalue weighted by Gasteiger charge is 2.38. The van der Waals surface area contributed by atoms with Crippen molar-refractivity contribution < 1.29 is 9.47 Å². The van der Waals surface area contributed by atoms with Gasteiger partial charge in [-0.1, -0.05) is 38.1 Å². The molecule has 6 heteroatoms. The number of guanidine groups is 1. The van der Waals surface area contributed by atoms with Crippen LogP contribution in [-0.2, 0) is 9.47 Å². The molecule has 158 valence electrons. The highest BCUT2D eigenvalue weighted by atomic mass is 127. The van der Waals surface area contributed by atoms with Gasteiger partial charge in [0.1, 0.15) is 0 Å². The maximum absolute atomic E-state index is 5.70. The second-order valence-corrected chi connectivity index (χ2v) is 7.98. The van der Waals surface area contributed by atoms with E-state index in [1.54, 1.807) is 0 Å². The van der Waals surface area contributed by atoms with E-state index < -0.39 is 0 Å². The maximum Gasteiger partial charge on any atom is 0.191 e. The molecular formula is C22H36IN3O2. The summed E-state index contributed by atoms with van der Waals surface area (Å²) in [6, 6.07) is 9.57. The first-order valence-corrected chi connectivity index (χ1v) is 10.4. The molecule has 3 unspecified atom stereocenters. The molecule has 1 aliphatic heterocycles. The van der Waals surface area contributed by atoms with Gasteiger partial charge < -0.3 is 20.1 Å². The first kappa shape index (κ1) is 23.4. The third-order valence-electron chi connectivity index (χ3n) is 5.45. The van der Waals surface area contributed by atoms with Crippen LogP contribution < -0.4 is 10.6 Å². The van der Waals surface area contributed by atoms with Crippen LogP contribution >= 0.6 is 24.0 Å². The average Bonchev–Trinajstić information content (AvgIpc) is 3.25. The van der Waals surface area contributed by atoms with Gasteiger partial charge in [0.15, 0.2) is 5.96 Å². The standard InChI is InChI=1S/C22H35N3O2.HI/c1-16(2)17-7-9-18(10-8-17)20-14-21(20)25-22(23-3)24-11-5-12-26-15-19-6-4-13-27-19;/h7-10,16,19-21H,4-6,11-15H2,1-3H3,(H2,23,24,25);1H. The Bertz CT molecular complexity index is 600. The molecule has 3 atom stereocenters. The Hall–Kier alpha value is -0.860. The van der Waals surface area contributed by atoms with Gasteiger partial charge in [0.25, 0.3) is 0 Å². The van der Waals surface area contributed by atoms with E-state index in [0.29, 0.717) is 24.0 Å². The van der Waals surface area contributed by atoms with Gasteiger partial charge >= 0.3 is 0 Å². The summed E-state index contributed by atoms with van der Waals surface area (Å²) in [7, 11) is 1.83. The molecule has 2 fully saturated rings. The van der Waals surface area contributed by atoms with Crippen LogP contribution in [0.25, 0.3) is 0 Å². The Morgan fingerprint density at radius 2 is 2.07 bits per heavy atom. The molecular weight excluding hydrogens is 465 g/mol. The average molecular weight is 501 g/mol. The molecule has 1 aromatic rings. The predicted octanol–water partition coefficient (Wildman–Crippen LogP) is 4.03. The van der Waals surface area contributed by atoms with Crippen LogP contribution in [0, 0.1) is 0 Å². The molecule has 0 aromatic heterocycles. The van der Waals surface area contributed by atoms with Crippen molar-refractivity contribution in [1.29, 1.82) is 0 Å². The Morgan fingerprint density at radius 1 is 1.29 bits per heavy atom. The molecule has 0 spiro atoms. The first-order chi connectivity index (χ1) is 13.2. The zero-order valence-electron chi connectivity index (χ0n) is 17.4. The van der Waals surface area contributed by atoms with Gasteiger partial charge in [-0.3, -0.25) is 4.99 Å². The summed E-state index contributed by atoms with van der Waals surface area (Å²) in [5.74, 6) is 2.07. The van der Waals surface area contributed by atoms with Crippen LogP contribution in [0.4, 0.5) is 0 Å². The highest BCUT2D eigenvalue weighted by Crippen LogP contribution is 2.41. The van der Waals surface area contributed by atoms with Gasteiger partial charge in [0.2, 0.25) is 0 Å². The number of ether oxygens (including phenoxy) is 2. The lowest BCUT2D eigenvalue weighted by Crippen LogP contribution is -2.39. The van der Waals surface area contributed by atoms with Gasteiger partial charge in [0.05, 0.1) is 12.7 Å². The number of nitrogens with one attached hydrogen (secondary N) is 2. The predicted molar refractivity (Wildman–Crippen MR) is 126 cm³/mol. The zero-order valence-corrected chi connectivity index (χ0v) is 19.8. The molecule has 0 bridgehead atoms. The fourth-order valence-corrected chi connectivity index (χ4v) is 3.59. The van der Waals surface area contributed by atoms with Crippen LogP contribution in [-0.4, -0.2) is 51.5 Å². The second-order valence-electron chi connectivity index (χ2n) is 7.98. The van der Waals surface area contributed by atoms with Gasteiger partial charge in [-0.25, -0.2) is 0 Å². The summed E-state index contributed by atoms with van der Waals surface area (Å²) in [6.07, 6.45) is 4.76. The molecule has 1 saturated carbocycles. The summed E-state index contributed by atoms with van der Waals surface area (Å²) < 4.78 is 11.3. The molecule has 3 rings (SSSR count). The summed E-state index contributed by atoms with van der Waals surface area (Å²) in [4.78, 5) is 4.35. The highest BCUT2D eigenvalue weighted by molar-refractivity contribution is 14.0. The van der Waals surface area contributed by atoms with E-state index in [1.165, 1.54) is 24.0 Å². The van der Waals surface area contributed by atoms with E-state index in [-0.39, 0.29) is 24.0 Å². The minimum Gasteiger partial charge on any atom is -0.379 e. The van der Waals surface area contributed by atoms with Crippen molar-refractivity contribution in [3.05, 3.63) is 35.4 Å². The number of rotatable bonds is 9. The van der Waals surface area contributed by atoms with E-state index in [4.69, 9.17) is 9.47 Å².